The van der Waals surface area contributed by atoms with Crippen molar-refractivity contribution in [3.8, 4) is 67.3 Å². The predicted molar refractivity (Wildman–Crippen MR) is 254 cm³/mol. The molecule has 12 rings (SSSR count). The SMILES string of the molecule is c1ccc(-c2nc(-c3ccc(-c4ccc5oc6ccccc6c5c4)cc3)cc(-c3ccc(-c4ccccc4C4(c5ccccc5)c5ccccc5-c5ccccc54)cc3)n2)cc1. The Morgan fingerprint density at radius 1 is 0.306 bits per heavy atom. The minimum absolute atomic E-state index is 0.494. The monoisotopic (exact) mass is 790 g/mol. The highest BCUT2D eigenvalue weighted by molar-refractivity contribution is 6.06. The molecule has 0 spiro atoms. The highest BCUT2D eigenvalue weighted by atomic mass is 16.3. The van der Waals surface area contributed by atoms with Gasteiger partial charge < -0.3 is 4.42 Å². The molecule has 1 aliphatic carbocycles. The summed E-state index contributed by atoms with van der Waals surface area (Å²) in [5.74, 6) is 0.692. The van der Waals surface area contributed by atoms with Gasteiger partial charge in [-0.05, 0) is 79.9 Å². The Morgan fingerprint density at radius 3 is 1.42 bits per heavy atom. The number of para-hydroxylation sites is 1. The molecule has 0 aliphatic heterocycles. The molecule has 0 fully saturated rings. The molecule has 0 atom stereocenters. The lowest BCUT2D eigenvalue weighted by Gasteiger charge is -2.35. The molecular weight excluding hydrogens is 753 g/mol. The molecule has 11 aromatic rings. The maximum Gasteiger partial charge on any atom is 0.160 e. The molecule has 0 unspecified atom stereocenters. The first-order valence-corrected chi connectivity index (χ1v) is 21.1. The maximum absolute atomic E-state index is 6.10. The largest absolute Gasteiger partial charge is 0.456 e. The summed E-state index contributed by atoms with van der Waals surface area (Å²) >= 11 is 0. The quantitative estimate of drug-likeness (QED) is 0.161. The molecule has 0 amide bonds. The number of aromatic nitrogens is 2. The number of rotatable bonds is 7. The first-order valence-electron chi connectivity index (χ1n) is 21.1. The number of hydrogen-bond donors (Lipinski definition) is 0. The van der Waals surface area contributed by atoms with Crippen molar-refractivity contribution in [2.75, 3.05) is 0 Å². The second-order valence-corrected chi connectivity index (χ2v) is 16.0. The molecule has 0 saturated carbocycles. The molecule has 0 N–H and O–H groups in total. The number of hydrogen-bond acceptors (Lipinski definition) is 3. The molecule has 2 aromatic heterocycles. The van der Waals surface area contributed by atoms with Crippen molar-refractivity contribution in [2.45, 2.75) is 5.41 Å². The fraction of sp³-hybridized carbons (Fsp3) is 0.0169. The zero-order valence-electron chi connectivity index (χ0n) is 33.7. The van der Waals surface area contributed by atoms with Crippen LogP contribution < -0.4 is 0 Å². The van der Waals surface area contributed by atoms with Crippen molar-refractivity contribution in [3.63, 3.8) is 0 Å². The Bertz CT molecular complexity index is 3400. The molecule has 0 bridgehead atoms. The van der Waals surface area contributed by atoms with Crippen molar-refractivity contribution in [1.82, 2.24) is 9.97 Å². The van der Waals surface area contributed by atoms with Crippen LogP contribution in [0.4, 0.5) is 0 Å². The van der Waals surface area contributed by atoms with Gasteiger partial charge in [-0.15, -0.1) is 0 Å². The zero-order chi connectivity index (χ0) is 41.0. The summed E-state index contributed by atoms with van der Waals surface area (Å²) in [6.07, 6.45) is 0. The van der Waals surface area contributed by atoms with Crippen molar-refractivity contribution in [3.05, 3.63) is 253 Å². The van der Waals surface area contributed by atoms with Crippen LogP contribution in [0.1, 0.15) is 22.3 Å². The van der Waals surface area contributed by atoms with Gasteiger partial charge in [-0.3, -0.25) is 0 Å². The Morgan fingerprint density at radius 2 is 0.774 bits per heavy atom. The third-order valence-corrected chi connectivity index (χ3v) is 12.6. The van der Waals surface area contributed by atoms with Gasteiger partial charge in [0.1, 0.15) is 11.2 Å². The first-order chi connectivity index (χ1) is 30.7. The van der Waals surface area contributed by atoms with E-state index in [-0.39, 0.29) is 0 Å². The Kier molecular flexibility index (Phi) is 8.39. The molecule has 2 heterocycles. The van der Waals surface area contributed by atoms with Crippen molar-refractivity contribution in [2.24, 2.45) is 0 Å². The van der Waals surface area contributed by atoms with Crippen molar-refractivity contribution >= 4 is 21.9 Å². The average molecular weight is 791 g/mol. The molecule has 1 aliphatic rings. The van der Waals surface area contributed by atoms with E-state index in [1.165, 1.54) is 38.9 Å². The lowest BCUT2D eigenvalue weighted by Crippen LogP contribution is -2.29. The lowest BCUT2D eigenvalue weighted by molar-refractivity contribution is 0.669. The summed E-state index contributed by atoms with van der Waals surface area (Å²) in [4.78, 5) is 10.3. The fourth-order valence-electron chi connectivity index (χ4n) is 9.76. The third-order valence-electron chi connectivity index (χ3n) is 12.6. The van der Waals surface area contributed by atoms with Gasteiger partial charge >= 0.3 is 0 Å². The van der Waals surface area contributed by atoms with Crippen molar-refractivity contribution in [1.29, 1.82) is 0 Å². The summed E-state index contributed by atoms with van der Waals surface area (Å²) in [6.45, 7) is 0. The molecule has 3 heteroatoms. The molecule has 290 valence electrons. The summed E-state index contributed by atoms with van der Waals surface area (Å²) < 4.78 is 6.10. The lowest BCUT2D eigenvalue weighted by atomic mass is 9.66. The van der Waals surface area contributed by atoms with Crippen LogP contribution in [0.5, 0.6) is 0 Å². The van der Waals surface area contributed by atoms with E-state index in [0.29, 0.717) is 5.82 Å². The minimum Gasteiger partial charge on any atom is -0.456 e. The van der Waals surface area contributed by atoms with E-state index < -0.39 is 5.41 Å². The summed E-state index contributed by atoms with van der Waals surface area (Å²) in [7, 11) is 0. The molecule has 0 radical (unpaired) electrons. The molecular formula is C59H38N2O. The van der Waals surface area contributed by atoms with E-state index >= 15 is 0 Å². The van der Waals surface area contributed by atoms with Crippen LogP contribution in [-0.2, 0) is 5.41 Å². The topological polar surface area (TPSA) is 38.9 Å². The van der Waals surface area contributed by atoms with Crippen LogP contribution in [0.15, 0.2) is 235 Å². The second kappa shape index (κ2) is 14.5. The maximum atomic E-state index is 6.10. The van der Waals surface area contributed by atoms with Crippen LogP contribution in [0.2, 0.25) is 0 Å². The summed E-state index contributed by atoms with van der Waals surface area (Å²) in [5.41, 5.74) is 18.4. The average Bonchev–Trinajstić information content (AvgIpc) is 3.88. The number of fused-ring (bicyclic) bond motifs is 6. The number of benzene rings is 9. The molecule has 9 aromatic carbocycles. The van der Waals surface area contributed by atoms with E-state index in [2.05, 4.69) is 200 Å². The van der Waals surface area contributed by atoms with E-state index in [4.69, 9.17) is 14.4 Å². The van der Waals surface area contributed by atoms with E-state index in [1.54, 1.807) is 0 Å². The van der Waals surface area contributed by atoms with Gasteiger partial charge in [0.05, 0.1) is 16.8 Å². The van der Waals surface area contributed by atoms with Gasteiger partial charge in [-0.25, -0.2) is 9.97 Å². The zero-order valence-corrected chi connectivity index (χ0v) is 33.7. The highest BCUT2D eigenvalue weighted by Crippen LogP contribution is 2.57. The van der Waals surface area contributed by atoms with Gasteiger partial charge in [0, 0.05) is 27.5 Å². The number of furan rings is 1. The first kappa shape index (κ1) is 35.8. The van der Waals surface area contributed by atoms with Crippen LogP contribution in [0.3, 0.4) is 0 Å². The van der Waals surface area contributed by atoms with E-state index in [1.807, 2.05) is 30.3 Å². The molecule has 3 nitrogen and oxygen atoms in total. The fourth-order valence-corrected chi connectivity index (χ4v) is 9.76. The van der Waals surface area contributed by atoms with Gasteiger partial charge in [0.15, 0.2) is 5.82 Å². The minimum atomic E-state index is -0.494. The normalized spacial score (nSPS) is 12.6. The molecule has 62 heavy (non-hydrogen) atoms. The van der Waals surface area contributed by atoms with Crippen LogP contribution in [0.25, 0.3) is 89.2 Å². The Hall–Kier alpha value is -8.14. The highest BCUT2D eigenvalue weighted by Gasteiger charge is 2.46. The van der Waals surface area contributed by atoms with E-state index in [9.17, 15) is 0 Å². The predicted octanol–water partition coefficient (Wildman–Crippen LogP) is 15.1. The van der Waals surface area contributed by atoms with Crippen molar-refractivity contribution < 1.29 is 4.42 Å². The number of nitrogens with zero attached hydrogens (tertiary/aromatic N) is 2. The standard InChI is InChI=1S/C59H38N2O/c1-3-15-43(16-4-1)58-60-54(41-31-27-39(28-32-41)44-35-36-57-50(37-44)49-22-10-14-26-56(49)62-57)38-55(61-58)42-33-29-40(30-34-42)46-19-7-11-23-51(46)59(45-17-5-2-6-18-45)52-24-12-8-20-47(52)48-21-9-13-25-53(48)59/h1-38H. The smallest absolute Gasteiger partial charge is 0.160 e. The third kappa shape index (κ3) is 5.74. The summed E-state index contributed by atoms with van der Waals surface area (Å²) in [6, 6.07) is 82.4. The molecule has 0 saturated heterocycles. The second-order valence-electron chi connectivity index (χ2n) is 16.0. The van der Waals surface area contributed by atoms with E-state index in [0.717, 1.165) is 66.7 Å². The van der Waals surface area contributed by atoms with Gasteiger partial charge in [0.2, 0.25) is 0 Å². The Balaban J connectivity index is 0.944. The van der Waals surface area contributed by atoms with Gasteiger partial charge in [0.25, 0.3) is 0 Å². The van der Waals surface area contributed by atoms with Crippen LogP contribution in [0, 0.1) is 0 Å². The van der Waals surface area contributed by atoms with Gasteiger partial charge in [-0.1, -0.05) is 206 Å². The summed E-state index contributed by atoms with van der Waals surface area (Å²) in [5, 5.41) is 2.25. The van der Waals surface area contributed by atoms with Gasteiger partial charge in [-0.2, -0.15) is 0 Å². The Labute approximate surface area is 360 Å². The van der Waals surface area contributed by atoms with Crippen LogP contribution in [-0.4, -0.2) is 9.97 Å². The van der Waals surface area contributed by atoms with Crippen LogP contribution >= 0.6 is 0 Å².